The second-order valence-electron chi connectivity index (χ2n) is 7.57. The Balaban J connectivity index is 0.000000694. The molecule has 2 heteroatoms. The quantitative estimate of drug-likeness (QED) is 0.286. The molecule has 0 aliphatic rings. The SMILES string of the molecule is CCCCCCCCCCCCCCC([O])CCC.N#Cc1ccccc1. The molecular formula is C25H42NO. The molecule has 1 atom stereocenters. The summed E-state index contributed by atoms with van der Waals surface area (Å²) in [6.07, 6.45) is 19.0. The van der Waals surface area contributed by atoms with Gasteiger partial charge < -0.3 is 0 Å². The van der Waals surface area contributed by atoms with Gasteiger partial charge in [0.15, 0.2) is 0 Å². The highest BCUT2D eigenvalue weighted by Crippen LogP contribution is 2.14. The fourth-order valence-corrected chi connectivity index (χ4v) is 3.19. The van der Waals surface area contributed by atoms with Gasteiger partial charge in [0.05, 0.1) is 17.7 Å². The maximum absolute atomic E-state index is 11.4. The van der Waals surface area contributed by atoms with Crippen LogP contribution in [0.3, 0.4) is 0 Å². The van der Waals surface area contributed by atoms with E-state index in [1.165, 1.54) is 70.6 Å². The van der Waals surface area contributed by atoms with Crippen molar-refractivity contribution in [3.05, 3.63) is 35.9 Å². The summed E-state index contributed by atoms with van der Waals surface area (Å²) in [6.45, 7) is 4.38. The van der Waals surface area contributed by atoms with Crippen LogP contribution in [0.15, 0.2) is 30.3 Å². The largest absolute Gasteiger partial charge is 0.233 e. The average molecular weight is 373 g/mol. The van der Waals surface area contributed by atoms with Crippen molar-refractivity contribution in [3.63, 3.8) is 0 Å². The van der Waals surface area contributed by atoms with Gasteiger partial charge in [0.1, 0.15) is 0 Å². The van der Waals surface area contributed by atoms with Crippen molar-refractivity contribution in [1.29, 1.82) is 5.26 Å². The van der Waals surface area contributed by atoms with Crippen LogP contribution in [-0.4, -0.2) is 6.10 Å². The smallest absolute Gasteiger partial charge is 0.0991 e. The third kappa shape index (κ3) is 19.2. The molecule has 0 bridgehead atoms. The molecule has 1 rings (SSSR count). The highest BCUT2D eigenvalue weighted by Gasteiger charge is 2.03. The van der Waals surface area contributed by atoms with E-state index in [4.69, 9.17) is 5.26 Å². The Bertz CT molecular complexity index is 437. The number of hydrogen-bond donors (Lipinski definition) is 0. The van der Waals surface area contributed by atoms with E-state index < -0.39 is 0 Å². The molecule has 27 heavy (non-hydrogen) atoms. The molecule has 0 aliphatic heterocycles. The van der Waals surface area contributed by atoms with Crippen molar-refractivity contribution in [2.75, 3.05) is 0 Å². The third-order valence-corrected chi connectivity index (χ3v) is 4.89. The topological polar surface area (TPSA) is 43.7 Å². The second-order valence-corrected chi connectivity index (χ2v) is 7.57. The summed E-state index contributed by atoms with van der Waals surface area (Å²) in [7, 11) is 0. The molecule has 1 radical (unpaired) electrons. The van der Waals surface area contributed by atoms with Crippen molar-refractivity contribution in [2.45, 2.75) is 116 Å². The van der Waals surface area contributed by atoms with Crippen LogP contribution < -0.4 is 0 Å². The summed E-state index contributed by atoms with van der Waals surface area (Å²) in [6, 6.07) is 11.2. The van der Waals surface area contributed by atoms with Gasteiger partial charge >= 0.3 is 0 Å². The highest BCUT2D eigenvalue weighted by atomic mass is 16.3. The van der Waals surface area contributed by atoms with Crippen LogP contribution in [-0.2, 0) is 5.11 Å². The molecule has 153 valence electrons. The number of rotatable bonds is 15. The van der Waals surface area contributed by atoms with Crippen molar-refractivity contribution in [2.24, 2.45) is 0 Å². The Labute approximate surface area is 169 Å². The molecule has 0 saturated heterocycles. The first kappa shape index (κ1) is 25.7. The number of benzene rings is 1. The van der Waals surface area contributed by atoms with E-state index in [-0.39, 0.29) is 6.10 Å². The van der Waals surface area contributed by atoms with E-state index in [1.54, 1.807) is 12.1 Å². The Morgan fingerprint density at radius 2 is 1.19 bits per heavy atom. The van der Waals surface area contributed by atoms with Crippen LogP contribution in [0, 0.1) is 11.3 Å². The van der Waals surface area contributed by atoms with Crippen LogP contribution in [0.5, 0.6) is 0 Å². The standard InChI is InChI=1S/C18H37O.C7H5N/c1-3-5-6-7-8-9-10-11-12-13-14-15-17-18(19)16-4-2;8-6-7-4-2-1-3-5-7/h18H,3-17H2,1-2H3;1-5H. The highest BCUT2D eigenvalue weighted by molar-refractivity contribution is 5.27. The summed E-state index contributed by atoms with van der Waals surface area (Å²) in [5, 5.41) is 19.7. The lowest BCUT2D eigenvalue weighted by Crippen LogP contribution is -2.02. The van der Waals surface area contributed by atoms with Gasteiger partial charge in [0.2, 0.25) is 0 Å². The molecular weight excluding hydrogens is 330 g/mol. The van der Waals surface area contributed by atoms with Crippen molar-refractivity contribution in [1.82, 2.24) is 0 Å². The van der Waals surface area contributed by atoms with Crippen LogP contribution in [0.1, 0.15) is 116 Å². The number of hydrogen-bond acceptors (Lipinski definition) is 1. The van der Waals surface area contributed by atoms with Crippen molar-refractivity contribution < 1.29 is 5.11 Å². The fraction of sp³-hybridized carbons (Fsp3) is 0.720. The second kappa shape index (κ2) is 21.0. The molecule has 1 unspecified atom stereocenters. The van der Waals surface area contributed by atoms with Gasteiger partial charge in [-0.25, -0.2) is 5.11 Å². The molecule has 0 aromatic heterocycles. The zero-order valence-electron chi connectivity index (χ0n) is 17.9. The zero-order chi connectivity index (χ0) is 20.0. The maximum atomic E-state index is 11.4. The molecule has 0 heterocycles. The van der Waals surface area contributed by atoms with E-state index in [9.17, 15) is 5.11 Å². The minimum absolute atomic E-state index is 0.284. The molecule has 0 saturated carbocycles. The molecule has 1 aromatic carbocycles. The summed E-state index contributed by atoms with van der Waals surface area (Å²) < 4.78 is 0. The first-order valence-electron chi connectivity index (χ1n) is 11.4. The average Bonchev–Trinajstić information content (AvgIpc) is 2.70. The van der Waals surface area contributed by atoms with E-state index in [1.807, 2.05) is 24.3 Å². The minimum Gasteiger partial charge on any atom is -0.233 e. The Kier molecular flexibility index (Phi) is 19.9. The third-order valence-electron chi connectivity index (χ3n) is 4.89. The summed E-state index contributed by atoms with van der Waals surface area (Å²) in [5.74, 6) is 0. The van der Waals surface area contributed by atoms with Gasteiger partial charge in [0, 0.05) is 0 Å². The summed E-state index contributed by atoms with van der Waals surface area (Å²) in [4.78, 5) is 0. The van der Waals surface area contributed by atoms with E-state index in [0.717, 1.165) is 25.7 Å². The van der Waals surface area contributed by atoms with Crippen molar-refractivity contribution in [3.8, 4) is 6.07 Å². The molecule has 0 N–H and O–H groups in total. The normalized spacial score (nSPS) is 11.3. The molecule has 0 spiro atoms. The van der Waals surface area contributed by atoms with Crippen molar-refractivity contribution >= 4 is 0 Å². The van der Waals surface area contributed by atoms with Gasteiger partial charge in [-0.1, -0.05) is 116 Å². The van der Waals surface area contributed by atoms with Crippen LogP contribution in [0.4, 0.5) is 0 Å². The lowest BCUT2D eigenvalue weighted by molar-refractivity contribution is 0.0706. The Morgan fingerprint density at radius 3 is 1.59 bits per heavy atom. The molecule has 2 nitrogen and oxygen atoms in total. The molecule has 0 fully saturated rings. The van der Waals surface area contributed by atoms with Crippen LogP contribution in [0.25, 0.3) is 0 Å². The van der Waals surface area contributed by atoms with Gasteiger partial charge in [-0.05, 0) is 25.0 Å². The monoisotopic (exact) mass is 372 g/mol. The van der Waals surface area contributed by atoms with E-state index in [2.05, 4.69) is 13.8 Å². The predicted octanol–water partition coefficient (Wildman–Crippen LogP) is 8.24. The summed E-state index contributed by atoms with van der Waals surface area (Å²) >= 11 is 0. The van der Waals surface area contributed by atoms with Gasteiger partial charge in [-0.3, -0.25) is 0 Å². The van der Waals surface area contributed by atoms with Crippen LogP contribution in [0.2, 0.25) is 0 Å². The lowest BCUT2D eigenvalue weighted by Gasteiger charge is -2.06. The first-order valence-corrected chi connectivity index (χ1v) is 11.4. The van der Waals surface area contributed by atoms with Gasteiger partial charge in [-0.2, -0.15) is 5.26 Å². The molecule has 1 aromatic rings. The fourth-order valence-electron chi connectivity index (χ4n) is 3.19. The van der Waals surface area contributed by atoms with E-state index >= 15 is 0 Å². The summed E-state index contributed by atoms with van der Waals surface area (Å²) in [5.41, 5.74) is 0.715. The predicted molar refractivity (Wildman–Crippen MR) is 116 cm³/mol. The Morgan fingerprint density at radius 1 is 0.704 bits per heavy atom. The number of unbranched alkanes of at least 4 members (excludes halogenated alkanes) is 11. The first-order chi connectivity index (χ1) is 13.2. The maximum Gasteiger partial charge on any atom is 0.0991 e. The lowest BCUT2D eigenvalue weighted by atomic mass is 10.0. The van der Waals surface area contributed by atoms with Gasteiger partial charge in [-0.15, -0.1) is 0 Å². The molecule has 0 amide bonds. The van der Waals surface area contributed by atoms with Gasteiger partial charge in [0.25, 0.3) is 0 Å². The minimum atomic E-state index is -0.284. The zero-order valence-corrected chi connectivity index (χ0v) is 17.9. The number of nitrogens with zero attached hydrogens (tertiary/aromatic N) is 1. The van der Waals surface area contributed by atoms with Crippen LogP contribution >= 0.6 is 0 Å². The molecule has 0 aliphatic carbocycles. The number of nitriles is 1. The van der Waals surface area contributed by atoms with E-state index in [0.29, 0.717) is 5.56 Å². The Hall–Kier alpha value is -1.33.